The minimum atomic E-state index is -0.0216. The fourth-order valence-corrected chi connectivity index (χ4v) is 2.52. The third-order valence-corrected chi connectivity index (χ3v) is 3.72. The largest absolute Gasteiger partial charge is 0.454 e. The Balaban J connectivity index is 1.67. The molecule has 2 aromatic carbocycles. The Hall–Kier alpha value is -2.53. The highest BCUT2D eigenvalue weighted by atomic mass is 16.7. The number of methoxy groups -OCH3 is 1. The van der Waals surface area contributed by atoms with Gasteiger partial charge in [0, 0.05) is 26.3 Å². The number of fused-ring (bicyclic) bond motifs is 1. The number of hydrogen-bond donors (Lipinski definition) is 0. The second kappa shape index (κ2) is 6.71. The van der Waals surface area contributed by atoms with Gasteiger partial charge in [0.2, 0.25) is 6.79 Å². The number of carbonyl (C=O) groups excluding carboxylic acids is 1. The van der Waals surface area contributed by atoms with E-state index in [-0.39, 0.29) is 12.7 Å². The normalized spacial score (nSPS) is 12.3. The zero-order valence-electron chi connectivity index (χ0n) is 13.2. The van der Waals surface area contributed by atoms with Crippen molar-refractivity contribution in [1.29, 1.82) is 0 Å². The maximum absolute atomic E-state index is 12.5. The summed E-state index contributed by atoms with van der Waals surface area (Å²) in [5.41, 5.74) is 2.71. The van der Waals surface area contributed by atoms with Gasteiger partial charge in [-0.1, -0.05) is 18.2 Å². The fraction of sp³-hybridized carbons (Fsp3) is 0.278. The van der Waals surface area contributed by atoms with Gasteiger partial charge in [0.05, 0.1) is 6.61 Å². The molecular weight excluding hydrogens is 294 g/mol. The van der Waals surface area contributed by atoms with E-state index in [1.165, 1.54) is 0 Å². The molecule has 1 heterocycles. The second-order valence-electron chi connectivity index (χ2n) is 5.48. The van der Waals surface area contributed by atoms with Crippen LogP contribution in [0.5, 0.6) is 11.5 Å². The van der Waals surface area contributed by atoms with Crippen molar-refractivity contribution >= 4 is 5.91 Å². The Morgan fingerprint density at radius 1 is 1.09 bits per heavy atom. The summed E-state index contributed by atoms with van der Waals surface area (Å²) in [5, 5.41) is 0. The smallest absolute Gasteiger partial charge is 0.253 e. The van der Waals surface area contributed by atoms with Gasteiger partial charge >= 0.3 is 0 Å². The molecule has 2 aromatic rings. The maximum atomic E-state index is 12.5. The molecule has 1 aliphatic heterocycles. The minimum absolute atomic E-state index is 0.0216. The van der Waals surface area contributed by atoms with E-state index < -0.39 is 0 Å². The molecule has 0 aromatic heterocycles. The Morgan fingerprint density at radius 2 is 1.78 bits per heavy atom. The first-order valence-electron chi connectivity index (χ1n) is 7.39. The highest BCUT2D eigenvalue weighted by Gasteiger charge is 2.16. The monoisotopic (exact) mass is 313 g/mol. The van der Waals surface area contributed by atoms with Crippen molar-refractivity contribution in [3.05, 3.63) is 59.2 Å². The Kier molecular flexibility index (Phi) is 4.48. The van der Waals surface area contributed by atoms with E-state index in [1.807, 2.05) is 42.5 Å². The molecule has 0 fully saturated rings. The predicted octanol–water partition coefficient (Wildman–Crippen LogP) is 2.83. The standard InChI is InChI=1S/C18H19NO4/c1-19(10-14-5-8-16-17(9-14)23-12-22-16)18(20)15-6-3-13(4-7-15)11-21-2/h3-9H,10-12H2,1-2H3. The quantitative estimate of drug-likeness (QED) is 0.851. The van der Waals surface area contributed by atoms with Gasteiger partial charge in [0.15, 0.2) is 11.5 Å². The van der Waals surface area contributed by atoms with Crippen LogP contribution < -0.4 is 9.47 Å². The topological polar surface area (TPSA) is 48.0 Å². The lowest BCUT2D eigenvalue weighted by Crippen LogP contribution is -2.26. The molecule has 5 heteroatoms. The zero-order chi connectivity index (χ0) is 16.2. The third-order valence-electron chi connectivity index (χ3n) is 3.72. The van der Waals surface area contributed by atoms with E-state index >= 15 is 0 Å². The van der Waals surface area contributed by atoms with Crippen molar-refractivity contribution in [2.24, 2.45) is 0 Å². The number of benzene rings is 2. The first-order chi connectivity index (χ1) is 11.2. The average molecular weight is 313 g/mol. The van der Waals surface area contributed by atoms with Gasteiger partial charge in [0.25, 0.3) is 5.91 Å². The van der Waals surface area contributed by atoms with Crippen LogP contribution in [0.2, 0.25) is 0 Å². The lowest BCUT2D eigenvalue weighted by atomic mass is 10.1. The maximum Gasteiger partial charge on any atom is 0.253 e. The summed E-state index contributed by atoms with van der Waals surface area (Å²) in [6, 6.07) is 13.2. The molecule has 3 rings (SSSR count). The van der Waals surface area contributed by atoms with Crippen molar-refractivity contribution in [3.63, 3.8) is 0 Å². The van der Waals surface area contributed by atoms with Crippen LogP contribution in [0.3, 0.4) is 0 Å². The summed E-state index contributed by atoms with van der Waals surface area (Å²) >= 11 is 0. The van der Waals surface area contributed by atoms with Gasteiger partial charge in [0.1, 0.15) is 0 Å². The van der Waals surface area contributed by atoms with Crippen LogP contribution in [-0.2, 0) is 17.9 Å². The molecule has 23 heavy (non-hydrogen) atoms. The van der Waals surface area contributed by atoms with Crippen molar-refractivity contribution in [2.75, 3.05) is 21.0 Å². The van der Waals surface area contributed by atoms with Crippen molar-refractivity contribution in [1.82, 2.24) is 4.90 Å². The van der Waals surface area contributed by atoms with E-state index in [2.05, 4.69) is 0 Å². The highest BCUT2D eigenvalue weighted by Crippen LogP contribution is 2.32. The number of hydrogen-bond acceptors (Lipinski definition) is 4. The van der Waals surface area contributed by atoms with Crippen LogP contribution >= 0.6 is 0 Å². The van der Waals surface area contributed by atoms with Crippen LogP contribution in [0.15, 0.2) is 42.5 Å². The van der Waals surface area contributed by atoms with E-state index in [0.29, 0.717) is 18.7 Å². The van der Waals surface area contributed by atoms with E-state index in [1.54, 1.807) is 19.1 Å². The van der Waals surface area contributed by atoms with Gasteiger partial charge < -0.3 is 19.1 Å². The van der Waals surface area contributed by atoms with Crippen molar-refractivity contribution in [2.45, 2.75) is 13.2 Å². The van der Waals surface area contributed by atoms with Gasteiger partial charge in [-0.25, -0.2) is 0 Å². The molecule has 1 aliphatic rings. The number of ether oxygens (including phenoxy) is 3. The Bertz CT molecular complexity index is 697. The number of carbonyl (C=O) groups is 1. The Morgan fingerprint density at radius 3 is 2.52 bits per heavy atom. The van der Waals surface area contributed by atoms with Crippen LogP contribution in [0.4, 0.5) is 0 Å². The number of amides is 1. The molecule has 0 bridgehead atoms. The van der Waals surface area contributed by atoms with Gasteiger partial charge in [-0.05, 0) is 35.4 Å². The molecule has 0 unspecified atom stereocenters. The van der Waals surface area contributed by atoms with Crippen LogP contribution in [-0.4, -0.2) is 31.8 Å². The van der Waals surface area contributed by atoms with E-state index in [9.17, 15) is 4.79 Å². The van der Waals surface area contributed by atoms with Gasteiger partial charge in [-0.3, -0.25) is 4.79 Å². The molecule has 0 atom stereocenters. The average Bonchev–Trinajstić information content (AvgIpc) is 3.03. The van der Waals surface area contributed by atoms with Crippen LogP contribution in [0, 0.1) is 0 Å². The Labute approximate surface area is 135 Å². The summed E-state index contributed by atoms with van der Waals surface area (Å²) in [6.07, 6.45) is 0. The van der Waals surface area contributed by atoms with Crippen molar-refractivity contribution in [3.8, 4) is 11.5 Å². The molecule has 0 saturated carbocycles. The van der Waals surface area contributed by atoms with Crippen molar-refractivity contribution < 1.29 is 19.0 Å². The van der Waals surface area contributed by atoms with Gasteiger partial charge in [-0.2, -0.15) is 0 Å². The van der Waals surface area contributed by atoms with Crippen LogP contribution in [0.25, 0.3) is 0 Å². The second-order valence-corrected chi connectivity index (χ2v) is 5.48. The lowest BCUT2D eigenvalue weighted by molar-refractivity contribution is 0.0785. The molecule has 0 spiro atoms. The zero-order valence-corrected chi connectivity index (χ0v) is 13.2. The molecule has 1 amide bonds. The first-order valence-corrected chi connectivity index (χ1v) is 7.39. The number of rotatable bonds is 5. The highest BCUT2D eigenvalue weighted by molar-refractivity contribution is 5.94. The predicted molar refractivity (Wildman–Crippen MR) is 85.5 cm³/mol. The minimum Gasteiger partial charge on any atom is -0.454 e. The van der Waals surface area contributed by atoms with E-state index in [4.69, 9.17) is 14.2 Å². The first kappa shape index (κ1) is 15.4. The third kappa shape index (κ3) is 3.46. The summed E-state index contributed by atoms with van der Waals surface area (Å²) in [6.45, 7) is 1.30. The summed E-state index contributed by atoms with van der Waals surface area (Å²) < 4.78 is 15.7. The summed E-state index contributed by atoms with van der Waals surface area (Å²) in [5.74, 6) is 1.45. The van der Waals surface area contributed by atoms with E-state index in [0.717, 1.165) is 22.6 Å². The summed E-state index contributed by atoms with van der Waals surface area (Å²) in [4.78, 5) is 14.2. The molecule has 0 aliphatic carbocycles. The SMILES string of the molecule is COCc1ccc(C(=O)N(C)Cc2ccc3c(c2)OCO3)cc1. The number of nitrogens with zero attached hydrogens (tertiary/aromatic N) is 1. The van der Waals surface area contributed by atoms with Crippen LogP contribution in [0.1, 0.15) is 21.5 Å². The molecule has 0 N–H and O–H groups in total. The molecule has 120 valence electrons. The summed E-state index contributed by atoms with van der Waals surface area (Å²) in [7, 11) is 3.44. The lowest BCUT2D eigenvalue weighted by Gasteiger charge is -2.17. The molecule has 5 nitrogen and oxygen atoms in total. The molecule has 0 saturated heterocycles. The molecular formula is C18H19NO4. The molecule has 0 radical (unpaired) electrons. The van der Waals surface area contributed by atoms with Gasteiger partial charge in [-0.15, -0.1) is 0 Å². The fourth-order valence-electron chi connectivity index (χ4n) is 2.52.